The molecule has 0 bridgehead atoms. The minimum Gasteiger partial charge on any atom is -0.496 e. The van der Waals surface area contributed by atoms with Crippen molar-refractivity contribution in [3.63, 3.8) is 0 Å². The van der Waals surface area contributed by atoms with Crippen LogP contribution in [0.2, 0.25) is 0 Å². The summed E-state index contributed by atoms with van der Waals surface area (Å²) < 4.78 is 22.1. The summed E-state index contributed by atoms with van der Waals surface area (Å²) in [5.41, 5.74) is 4.10. The van der Waals surface area contributed by atoms with Crippen LogP contribution in [0.3, 0.4) is 0 Å². The number of fused-ring (bicyclic) bond motifs is 1. The van der Waals surface area contributed by atoms with Crippen LogP contribution in [0, 0.1) is 0 Å². The van der Waals surface area contributed by atoms with Crippen LogP contribution in [0.1, 0.15) is 18.2 Å². The summed E-state index contributed by atoms with van der Waals surface area (Å²) in [4.78, 5) is 12.4. The molecule has 2 heterocycles. The first kappa shape index (κ1) is 20.3. The number of rotatable bonds is 7. The van der Waals surface area contributed by atoms with Crippen molar-refractivity contribution in [1.82, 2.24) is 5.32 Å². The number of carbonyl (C=O) groups is 1. The smallest absolute Gasteiger partial charge is 0.244 e. The van der Waals surface area contributed by atoms with E-state index >= 15 is 0 Å². The number of hydrogen-bond acceptors (Lipinski definition) is 5. The van der Waals surface area contributed by atoms with Gasteiger partial charge < -0.3 is 23.6 Å². The molecule has 2 aromatic carbocycles. The minimum atomic E-state index is -0.215. The van der Waals surface area contributed by atoms with Gasteiger partial charge in [0.05, 0.1) is 33.3 Å². The van der Waals surface area contributed by atoms with Crippen LogP contribution in [0.25, 0.3) is 27.7 Å². The second kappa shape index (κ2) is 8.83. The summed E-state index contributed by atoms with van der Waals surface area (Å²) in [5.74, 6) is 1.86. The van der Waals surface area contributed by atoms with Gasteiger partial charge in [-0.25, -0.2) is 0 Å². The molecule has 6 nitrogen and oxygen atoms in total. The molecule has 31 heavy (non-hydrogen) atoms. The summed E-state index contributed by atoms with van der Waals surface area (Å²) in [7, 11) is 3.24. The lowest BCUT2D eigenvalue weighted by Crippen LogP contribution is -2.20. The molecule has 0 aliphatic rings. The fraction of sp³-hybridized carbons (Fsp3) is 0.160. The average Bonchev–Trinajstić information content (AvgIpc) is 3.46. The molecule has 0 unspecified atom stereocenters. The highest BCUT2D eigenvalue weighted by Crippen LogP contribution is 2.40. The lowest BCUT2D eigenvalue weighted by atomic mass is 9.99. The molecule has 4 rings (SSSR count). The minimum absolute atomic E-state index is 0.215. The third-order valence-corrected chi connectivity index (χ3v) is 5.08. The van der Waals surface area contributed by atoms with E-state index in [-0.39, 0.29) is 5.91 Å². The summed E-state index contributed by atoms with van der Waals surface area (Å²) in [5, 5.41) is 3.73. The summed E-state index contributed by atoms with van der Waals surface area (Å²) in [6.07, 6.45) is 4.84. The van der Waals surface area contributed by atoms with E-state index < -0.39 is 0 Å². The fourth-order valence-electron chi connectivity index (χ4n) is 3.52. The molecular formula is C25H23NO5. The second-order valence-electron chi connectivity index (χ2n) is 7.02. The van der Waals surface area contributed by atoms with Crippen molar-refractivity contribution in [2.75, 3.05) is 14.2 Å². The van der Waals surface area contributed by atoms with Gasteiger partial charge in [-0.15, -0.1) is 0 Å². The Kier molecular flexibility index (Phi) is 5.80. The summed E-state index contributed by atoms with van der Waals surface area (Å²) in [6.45, 7) is 2.20. The zero-order valence-corrected chi connectivity index (χ0v) is 17.6. The molecule has 0 radical (unpaired) electrons. The number of allylic oxidation sites excluding steroid dienone is 1. The van der Waals surface area contributed by atoms with Crippen LogP contribution in [0.15, 0.2) is 76.0 Å². The highest BCUT2D eigenvalue weighted by molar-refractivity contribution is 6.01. The molecule has 1 amide bonds. The van der Waals surface area contributed by atoms with Crippen molar-refractivity contribution >= 4 is 22.4 Å². The van der Waals surface area contributed by atoms with Crippen LogP contribution in [-0.2, 0) is 11.3 Å². The molecule has 0 atom stereocenters. The van der Waals surface area contributed by atoms with Gasteiger partial charge in [0.25, 0.3) is 0 Å². The maximum Gasteiger partial charge on any atom is 0.244 e. The monoisotopic (exact) mass is 417 g/mol. The van der Waals surface area contributed by atoms with E-state index in [1.165, 1.54) is 0 Å². The van der Waals surface area contributed by atoms with Gasteiger partial charge in [0.1, 0.15) is 22.8 Å². The van der Waals surface area contributed by atoms with Crippen molar-refractivity contribution < 1.29 is 23.1 Å². The van der Waals surface area contributed by atoms with Crippen LogP contribution in [0.4, 0.5) is 0 Å². The Morgan fingerprint density at radius 1 is 1.00 bits per heavy atom. The lowest BCUT2D eigenvalue weighted by Gasteiger charge is -2.11. The molecule has 0 aliphatic heterocycles. The van der Waals surface area contributed by atoms with Gasteiger partial charge in [-0.05, 0) is 36.8 Å². The standard InChI is InChI=1S/C25H23NO5/c1-16(11-25(27)26-14-17-7-6-10-30-17)19-12-20-21(15-31-24(20)13-23(19)29-3)18-8-4-5-9-22(18)28-2/h4-13,15H,14H2,1-3H3,(H,26,27)/b16-11+. The molecule has 0 spiro atoms. The van der Waals surface area contributed by atoms with Gasteiger partial charge in [0.15, 0.2) is 0 Å². The zero-order chi connectivity index (χ0) is 21.8. The molecule has 6 heteroatoms. The van der Waals surface area contributed by atoms with Gasteiger partial charge in [-0.3, -0.25) is 4.79 Å². The quantitative estimate of drug-likeness (QED) is 0.406. The fourth-order valence-corrected chi connectivity index (χ4v) is 3.52. The second-order valence-corrected chi connectivity index (χ2v) is 7.02. The highest BCUT2D eigenvalue weighted by Gasteiger charge is 2.17. The lowest BCUT2D eigenvalue weighted by molar-refractivity contribution is -0.116. The topological polar surface area (TPSA) is 73.8 Å². The van der Waals surface area contributed by atoms with Crippen molar-refractivity contribution in [2.45, 2.75) is 13.5 Å². The Morgan fingerprint density at radius 3 is 2.55 bits per heavy atom. The van der Waals surface area contributed by atoms with E-state index in [0.29, 0.717) is 23.6 Å². The zero-order valence-electron chi connectivity index (χ0n) is 17.6. The van der Waals surface area contributed by atoms with Crippen molar-refractivity contribution in [2.24, 2.45) is 0 Å². The number of furan rings is 2. The Morgan fingerprint density at radius 2 is 1.81 bits per heavy atom. The van der Waals surface area contributed by atoms with Crippen molar-refractivity contribution in [3.05, 3.63) is 78.5 Å². The third kappa shape index (κ3) is 4.19. The maximum atomic E-state index is 12.4. The van der Waals surface area contributed by atoms with E-state index in [0.717, 1.165) is 33.4 Å². The van der Waals surface area contributed by atoms with Gasteiger partial charge in [-0.1, -0.05) is 18.2 Å². The Hall–Kier alpha value is -3.93. The first-order valence-electron chi connectivity index (χ1n) is 9.82. The molecule has 1 N–H and O–H groups in total. The van der Waals surface area contributed by atoms with E-state index in [4.69, 9.17) is 18.3 Å². The van der Waals surface area contributed by atoms with E-state index in [1.807, 2.05) is 49.4 Å². The van der Waals surface area contributed by atoms with Crippen LogP contribution >= 0.6 is 0 Å². The number of hydrogen-bond donors (Lipinski definition) is 1. The molecule has 2 aromatic heterocycles. The maximum absolute atomic E-state index is 12.4. The number of methoxy groups -OCH3 is 2. The van der Waals surface area contributed by atoms with Gasteiger partial charge in [0, 0.05) is 34.2 Å². The predicted molar refractivity (Wildman–Crippen MR) is 119 cm³/mol. The normalized spacial score (nSPS) is 11.5. The van der Waals surface area contributed by atoms with E-state index in [1.54, 1.807) is 38.9 Å². The first-order chi connectivity index (χ1) is 15.1. The van der Waals surface area contributed by atoms with Crippen molar-refractivity contribution in [3.8, 4) is 22.6 Å². The predicted octanol–water partition coefficient (Wildman–Crippen LogP) is 5.43. The third-order valence-electron chi connectivity index (χ3n) is 5.08. The average molecular weight is 417 g/mol. The molecule has 0 fully saturated rings. The molecule has 158 valence electrons. The molecular weight excluding hydrogens is 394 g/mol. The van der Waals surface area contributed by atoms with Crippen LogP contribution in [0.5, 0.6) is 11.5 Å². The first-order valence-corrected chi connectivity index (χ1v) is 9.82. The summed E-state index contributed by atoms with van der Waals surface area (Å²) >= 11 is 0. The molecule has 4 aromatic rings. The Balaban J connectivity index is 1.70. The van der Waals surface area contributed by atoms with Crippen LogP contribution < -0.4 is 14.8 Å². The van der Waals surface area contributed by atoms with Gasteiger partial charge in [-0.2, -0.15) is 0 Å². The Bertz CT molecular complexity index is 1230. The van der Waals surface area contributed by atoms with Gasteiger partial charge >= 0.3 is 0 Å². The van der Waals surface area contributed by atoms with E-state index in [9.17, 15) is 4.79 Å². The molecule has 0 saturated heterocycles. The number of amides is 1. The van der Waals surface area contributed by atoms with E-state index in [2.05, 4.69) is 5.32 Å². The van der Waals surface area contributed by atoms with Crippen molar-refractivity contribution in [1.29, 1.82) is 0 Å². The molecule has 0 aliphatic carbocycles. The number of para-hydroxylation sites is 1. The number of ether oxygens (including phenoxy) is 2. The largest absolute Gasteiger partial charge is 0.496 e. The SMILES string of the molecule is COc1cc2occ(-c3ccccc3OC)c2cc1/C(C)=C/C(=O)NCc1ccco1. The van der Waals surface area contributed by atoms with Crippen LogP contribution in [-0.4, -0.2) is 20.1 Å². The summed E-state index contributed by atoms with van der Waals surface area (Å²) in [6, 6.07) is 15.2. The highest BCUT2D eigenvalue weighted by atomic mass is 16.5. The number of carbonyl (C=O) groups excluding carboxylic acids is 1. The Labute approximate surface area is 180 Å². The number of nitrogens with one attached hydrogen (secondary N) is 1. The molecule has 0 saturated carbocycles. The van der Waals surface area contributed by atoms with Gasteiger partial charge in [0.2, 0.25) is 5.91 Å². The number of benzene rings is 2.